The van der Waals surface area contributed by atoms with Crippen molar-refractivity contribution < 1.29 is 0 Å². The Labute approximate surface area is 105 Å². The zero-order valence-corrected chi connectivity index (χ0v) is 10.5. The smallest absolute Gasteiger partial charge is 0.119 e. The number of benzene rings is 1. The van der Waals surface area contributed by atoms with E-state index in [4.69, 9.17) is 5.73 Å². The van der Waals surface area contributed by atoms with E-state index in [9.17, 15) is 0 Å². The summed E-state index contributed by atoms with van der Waals surface area (Å²) in [6.45, 7) is 2.09. The van der Waals surface area contributed by atoms with Crippen molar-refractivity contribution in [3.05, 3.63) is 48.4 Å². The molecule has 1 atom stereocenters. The third-order valence-electron chi connectivity index (χ3n) is 2.51. The number of rotatable bonds is 4. The molecule has 0 unspecified atom stereocenters. The van der Waals surface area contributed by atoms with Crippen molar-refractivity contribution >= 4 is 11.8 Å². The van der Waals surface area contributed by atoms with Gasteiger partial charge in [0.2, 0.25) is 0 Å². The van der Waals surface area contributed by atoms with Crippen LogP contribution < -0.4 is 5.73 Å². The molecule has 4 heteroatoms. The minimum absolute atomic E-state index is 0.130. The highest BCUT2D eigenvalue weighted by Crippen LogP contribution is 2.26. The molecule has 0 aliphatic carbocycles. The van der Waals surface area contributed by atoms with Gasteiger partial charge < -0.3 is 5.73 Å². The lowest BCUT2D eigenvalue weighted by molar-refractivity contribution is 0.698. The van der Waals surface area contributed by atoms with Gasteiger partial charge in [0, 0.05) is 23.3 Å². The zero-order valence-electron chi connectivity index (χ0n) is 9.71. The van der Waals surface area contributed by atoms with Crippen LogP contribution in [0.3, 0.4) is 0 Å². The van der Waals surface area contributed by atoms with Crippen LogP contribution in [0.1, 0.15) is 24.9 Å². The van der Waals surface area contributed by atoms with Gasteiger partial charge in [0.15, 0.2) is 0 Å². The fraction of sp³-hybridized carbons (Fsp3) is 0.231. The summed E-state index contributed by atoms with van der Waals surface area (Å²) < 4.78 is 0. The predicted octanol–water partition coefficient (Wildman–Crippen LogP) is 3.04. The van der Waals surface area contributed by atoms with Crippen LogP contribution >= 0.6 is 11.8 Å². The SMILES string of the molecule is CC[C@H](N)c1ccc(Sc2cnccn2)cc1. The molecule has 2 N–H and O–H groups in total. The molecule has 17 heavy (non-hydrogen) atoms. The molecule has 0 amide bonds. The number of nitrogens with zero attached hydrogens (tertiary/aromatic N) is 2. The first-order valence-corrected chi connectivity index (χ1v) is 6.40. The highest BCUT2D eigenvalue weighted by atomic mass is 32.2. The van der Waals surface area contributed by atoms with E-state index >= 15 is 0 Å². The number of hydrogen-bond donors (Lipinski definition) is 1. The molecule has 0 bridgehead atoms. The van der Waals surface area contributed by atoms with Crippen molar-refractivity contribution in [3.8, 4) is 0 Å². The van der Waals surface area contributed by atoms with Crippen molar-refractivity contribution in [3.63, 3.8) is 0 Å². The third kappa shape index (κ3) is 3.28. The number of hydrogen-bond acceptors (Lipinski definition) is 4. The Hall–Kier alpha value is -1.39. The Bertz CT molecular complexity index is 456. The third-order valence-corrected chi connectivity index (χ3v) is 3.44. The topological polar surface area (TPSA) is 51.8 Å². The summed E-state index contributed by atoms with van der Waals surface area (Å²) in [5.74, 6) is 0. The largest absolute Gasteiger partial charge is 0.324 e. The summed E-state index contributed by atoms with van der Waals surface area (Å²) in [6.07, 6.45) is 6.09. The van der Waals surface area contributed by atoms with Crippen LogP contribution in [-0.4, -0.2) is 9.97 Å². The molecule has 1 heterocycles. The summed E-state index contributed by atoms with van der Waals surface area (Å²) in [4.78, 5) is 9.41. The van der Waals surface area contributed by atoms with Crippen LogP contribution in [0.4, 0.5) is 0 Å². The second kappa shape index (κ2) is 5.80. The van der Waals surface area contributed by atoms with Gasteiger partial charge in [-0.05, 0) is 24.1 Å². The summed E-state index contributed by atoms with van der Waals surface area (Å²) >= 11 is 1.60. The van der Waals surface area contributed by atoms with E-state index in [1.807, 2.05) is 0 Å². The lowest BCUT2D eigenvalue weighted by atomic mass is 10.1. The summed E-state index contributed by atoms with van der Waals surface area (Å²) in [5.41, 5.74) is 7.14. The molecule has 0 aliphatic rings. The lowest BCUT2D eigenvalue weighted by Crippen LogP contribution is -2.07. The Balaban J connectivity index is 2.08. The van der Waals surface area contributed by atoms with Crippen LogP contribution in [0.15, 0.2) is 52.8 Å². The molecule has 0 radical (unpaired) electrons. The average Bonchev–Trinajstić information content (AvgIpc) is 2.40. The quantitative estimate of drug-likeness (QED) is 0.899. The molecule has 0 spiro atoms. The van der Waals surface area contributed by atoms with Gasteiger partial charge in [-0.15, -0.1) is 0 Å². The molecular formula is C13H15N3S. The van der Waals surface area contributed by atoms with Gasteiger partial charge >= 0.3 is 0 Å². The minimum atomic E-state index is 0.130. The van der Waals surface area contributed by atoms with Gasteiger partial charge in [0.05, 0.1) is 6.20 Å². The Morgan fingerprint density at radius 1 is 1.24 bits per heavy atom. The lowest BCUT2D eigenvalue weighted by Gasteiger charge is -2.09. The Morgan fingerprint density at radius 2 is 2.00 bits per heavy atom. The van der Waals surface area contributed by atoms with Crippen molar-refractivity contribution in [1.82, 2.24) is 9.97 Å². The summed E-state index contributed by atoms with van der Waals surface area (Å²) in [7, 11) is 0. The second-order valence-electron chi connectivity index (χ2n) is 3.73. The molecule has 3 nitrogen and oxygen atoms in total. The fourth-order valence-electron chi connectivity index (χ4n) is 1.48. The standard InChI is InChI=1S/C13H15N3S/c1-2-12(14)10-3-5-11(6-4-10)17-13-9-15-7-8-16-13/h3-9,12H,2,14H2,1H3/t12-/m0/s1. The molecule has 2 aromatic rings. The van der Waals surface area contributed by atoms with Crippen LogP contribution in [0.2, 0.25) is 0 Å². The van der Waals surface area contributed by atoms with Crippen molar-refractivity contribution in [2.45, 2.75) is 29.3 Å². The first-order valence-electron chi connectivity index (χ1n) is 5.59. The first-order chi connectivity index (χ1) is 8.29. The van der Waals surface area contributed by atoms with Gasteiger partial charge in [-0.25, -0.2) is 4.98 Å². The Morgan fingerprint density at radius 3 is 2.59 bits per heavy atom. The number of nitrogens with two attached hydrogens (primary N) is 1. The normalized spacial score (nSPS) is 12.4. The monoisotopic (exact) mass is 245 g/mol. The Kier molecular flexibility index (Phi) is 4.12. The van der Waals surface area contributed by atoms with Gasteiger partial charge in [-0.2, -0.15) is 0 Å². The maximum absolute atomic E-state index is 5.97. The molecule has 1 aromatic carbocycles. The zero-order chi connectivity index (χ0) is 12.1. The van der Waals surface area contributed by atoms with E-state index in [1.165, 1.54) is 5.56 Å². The van der Waals surface area contributed by atoms with Crippen LogP contribution in [0.25, 0.3) is 0 Å². The summed E-state index contributed by atoms with van der Waals surface area (Å²) in [5, 5.41) is 0.903. The summed E-state index contributed by atoms with van der Waals surface area (Å²) in [6, 6.07) is 8.43. The molecule has 1 aromatic heterocycles. The van der Waals surface area contributed by atoms with Crippen molar-refractivity contribution in [1.29, 1.82) is 0 Å². The highest BCUT2D eigenvalue weighted by Gasteiger charge is 2.03. The van der Waals surface area contributed by atoms with Crippen molar-refractivity contribution in [2.24, 2.45) is 5.73 Å². The molecule has 0 saturated carbocycles. The van der Waals surface area contributed by atoms with Crippen LogP contribution in [0.5, 0.6) is 0 Å². The van der Waals surface area contributed by atoms with Gasteiger partial charge in [-0.3, -0.25) is 4.98 Å². The van der Waals surface area contributed by atoms with E-state index in [0.717, 1.165) is 16.3 Å². The van der Waals surface area contributed by atoms with Gasteiger partial charge in [-0.1, -0.05) is 30.8 Å². The highest BCUT2D eigenvalue weighted by molar-refractivity contribution is 7.99. The van der Waals surface area contributed by atoms with E-state index in [0.29, 0.717) is 0 Å². The maximum Gasteiger partial charge on any atom is 0.119 e. The molecular weight excluding hydrogens is 230 g/mol. The van der Waals surface area contributed by atoms with E-state index in [-0.39, 0.29) is 6.04 Å². The predicted molar refractivity (Wildman–Crippen MR) is 69.8 cm³/mol. The van der Waals surface area contributed by atoms with Crippen molar-refractivity contribution in [2.75, 3.05) is 0 Å². The average molecular weight is 245 g/mol. The van der Waals surface area contributed by atoms with Gasteiger partial charge in [0.25, 0.3) is 0 Å². The fourth-order valence-corrected chi connectivity index (χ4v) is 2.22. The molecule has 0 fully saturated rings. The first kappa shape index (κ1) is 12.1. The van der Waals surface area contributed by atoms with Gasteiger partial charge in [0.1, 0.15) is 5.03 Å². The maximum atomic E-state index is 5.97. The van der Waals surface area contributed by atoms with E-state index in [1.54, 1.807) is 30.4 Å². The minimum Gasteiger partial charge on any atom is -0.324 e. The van der Waals surface area contributed by atoms with E-state index < -0.39 is 0 Å². The van der Waals surface area contributed by atoms with Crippen LogP contribution in [0, 0.1) is 0 Å². The number of aromatic nitrogens is 2. The second-order valence-corrected chi connectivity index (χ2v) is 4.82. The molecule has 2 rings (SSSR count). The molecule has 0 aliphatic heterocycles. The molecule has 0 saturated heterocycles. The van der Waals surface area contributed by atoms with Crippen LogP contribution in [-0.2, 0) is 0 Å². The molecule has 88 valence electrons. The van der Waals surface area contributed by atoms with E-state index in [2.05, 4.69) is 41.2 Å².